The number of pyridine rings is 2. The Morgan fingerprint density at radius 2 is 1.94 bits per heavy atom. The number of aromatic nitrogens is 3. The fourth-order valence-corrected chi connectivity index (χ4v) is 3.44. The highest BCUT2D eigenvalue weighted by molar-refractivity contribution is 6.38. The Morgan fingerprint density at radius 3 is 2.68 bits per heavy atom. The maximum absolute atomic E-state index is 12.5. The summed E-state index contributed by atoms with van der Waals surface area (Å²) < 4.78 is 0. The molecule has 3 heterocycles. The molecule has 0 radical (unpaired) electrons. The van der Waals surface area contributed by atoms with Crippen molar-refractivity contribution in [1.29, 1.82) is 5.26 Å². The number of nitrogens with zero attached hydrogens (tertiary/aromatic N) is 3. The van der Waals surface area contributed by atoms with Gasteiger partial charge in [-0.1, -0.05) is 48.0 Å². The van der Waals surface area contributed by atoms with Crippen molar-refractivity contribution in [3.05, 3.63) is 71.5 Å². The molecule has 0 spiro atoms. The largest absolute Gasteiger partial charge is 0.349 e. The molecule has 4 aromatic rings. The first-order chi connectivity index (χ1) is 14.9. The van der Waals surface area contributed by atoms with E-state index in [1.807, 2.05) is 42.5 Å². The second kappa shape index (κ2) is 8.21. The lowest BCUT2D eigenvalue weighted by molar-refractivity contribution is 0.0939. The van der Waals surface area contributed by atoms with Crippen LogP contribution in [0.5, 0.6) is 0 Å². The third-order valence-corrected chi connectivity index (χ3v) is 5.31. The van der Waals surface area contributed by atoms with Crippen molar-refractivity contribution in [2.75, 3.05) is 6.54 Å². The molecule has 0 atom stereocenters. The van der Waals surface area contributed by atoms with Crippen molar-refractivity contribution in [2.45, 2.75) is 13.8 Å². The van der Waals surface area contributed by atoms with Crippen LogP contribution in [-0.4, -0.2) is 27.4 Å². The molecular weight excluding hydrogens is 410 g/mol. The number of benzene rings is 1. The number of carbonyl (C=O) groups is 1. The minimum absolute atomic E-state index is 0.239. The van der Waals surface area contributed by atoms with Gasteiger partial charge >= 0.3 is 0 Å². The third kappa shape index (κ3) is 4.27. The van der Waals surface area contributed by atoms with E-state index in [-0.39, 0.29) is 18.1 Å². The van der Waals surface area contributed by atoms with E-state index in [1.54, 1.807) is 32.2 Å². The second-order valence-electron chi connectivity index (χ2n) is 7.89. The van der Waals surface area contributed by atoms with Crippen LogP contribution in [0.4, 0.5) is 0 Å². The zero-order valence-corrected chi connectivity index (χ0v) is 17.9. The van der Waals surface area contributed by atoms with Crippen molar-refractivity contribution >= 4 is 28.5 Å². The number of fused-ring (bicyclic) bond motifs is 1. The molecular formula is C24H20ClN5O. The molecule has 0 unspecified atom stereocenters. The molecule has 31 heavy (non-hydrogen) atoms. The zero-order valence-electron chi connectivity index (χ0n) is 17.1. The molecule has 2 N–H and O–H groups in total. The van der Waals surface area contributed by atoms with E-state index in [1.165, 1.54) is 0 Å². The number of rotatable bonds is 5. The SMILES string of the molecule is CC(C)(C#N)CNC(=O)c1cccc(-c2cnc3[nH]c(-c4ccccc4)c(Cl)c3c2)n1. The molecule has 0 bridgehead atoms. The maximum Gasteiger partial charge on any atom is 0.269 e. The standard InChI is InChI=1S/C24H20ClN5O/c1-24(2,13-26)14-28-23(31)19-10-6-9-18(29-19)16-11-17-20(25)21(30-22(17)27-12-16)15-7-4-3-5-8-15/h3-12H,14H2,1-2H3,(H,27,30)(H,28,31). The Labute approximate surface area is 184 Å². The van der Waals surface area contributed by atoms with Gasteiger partial charge in [0.2, 0.25) is 0 Å². The number of amides is 1. The summed E-state index contributed by atoms with van der Waals surface area (Å²) >= 11 is 6.65. The number of H-pyrrole nitrogens is 1. The van der Waals surface area contributed by atoms with Crippen LogP contribution in [0.2, 0.25) is 5.02 Å². The van der Waals surface area contributed by atoms with E-state index < -0.39 is 5.41 Å². The maximum atomic E-state index is 12.5. The summed E-state index contributed by atoms with van der Waals surface area (Å²) in [5.74, 6) is -0.328. The van der Waals surface area contributed by atoms with Crippen LogP contribution in [-0.2, 0) is 0 Å². The molecule has 7 heteroatoms. The molecule has 0 aliphatic carbocycles. The Morgan fingerprint density at radius 1 is 1.16 bits per heavy atom. The summed E-state index contributed by atoms with van der Waals surface area (Å²) in [7, 11) is 0. The smallest absolute Gasteiger partial charge is 0.269 e. The summed E-state index contributed by atoms with van der Waals surface area (Å²) in [6.07, 6.45) is 1.70. The van der Waals surface area contributed by atoms with E-state index in [4.69, 9.17) is 16.9 Å². The zero-order chi connectivity index (χ0) is 22.0. The van der Waals surface area contributed by atoms with Crippen molar-refractivity contribution in [3.63, 3.8) is 0 Å². The first-order valence-corrected chi connectivity index (χ1v) is 10.2. The Kier molecular flexibility index (Phi) is 5.45. The molecule has 4 rings (SSSR count). The highest BCUT2D eigenvalue weighted by Gasteiger charge is 2.19. The van der Waals surface area contributed by atoms with Crippen molar-refractivity contribution in [2.24, 2.45) is 5.41 Å². The molecule has 0 aliphatic heterocycles. The topological polar surface area (TPSA) is 94.5 Å². The van der Waals surface area contributed by atoms with Crippen LogP contribution in [0.3, 0.4) is 0 Å². The van der Waals surface area contributed by atoms with Crippen LogP contribution in [0, 0.1) is 16.7 Å². The van der Waals surface area contributed by atoms with Gasteiger partial charge in [-0.15, -0.1) is 0 Å². The lowest BCUT2D eigenvalue weighted by Crippen LogP contribution is -2.33. The van der Waals surface area contributed by atoms with E-state index in [9.17, 15) is 4.79 Å². The van der Waals surface area contributed by atoms with Gasteiger partial charge in [0.25, 0.3) is 5.91 Å². The minimum atomic E-state index is -0.649. The average Bonchev–Trinajstić information content (AvgIpc) is 3.14. The van der Waals surface area contributed by atoms with E-state index in [2.05, 4.69) is 26.3 Å². The number of aromatic amines is 1. The van der Waals surface area contributed by atoms with Gasteiger partial charge < -0.3 is 10.3 Å². The Bertz CT molecular complexity index is 1300. The number of hydrogen-bond acceptors (Lipinski definition) is 4. The van der Waals surface area contributed by atoms with Crippen molar-refractivity contribution in [3.8, 4) is 28.6 Å². The van der Waals surface area contributed by atoms with Gasteiger partial charge in [0.15, 0.2) is 0 Å². The molecule has 1 amide bonds. The quantitative estimate of drug-likeness (QED) is 0.454. The Hall–Kier alpha value is -3.69. The summed E-state index contributed by atoms with van der Waals surface area (Å²) in [6, 6.07) is 19.1. The summed E-state index contributed by atoms with van der Waals surface area (Å²) in [4.78, 5) is 24.7. The molecule has 0 saturated heterocycles. The van der Waals surface area contributed by atoms with Gasteiger partial charge in [-0.3, -0.25) is 4.79 Å². The number of nitrogens with one attached hydrogen (secondary N) is 2. The van der Waals surface area contributed by atoms with Gasteiger partial charge in [0.05, 0.1) is 27.9 Å². The summed E-state index contributed by atoms with van der Waals surface area (Å²) in [5.41, 5.74) is 3.45. The van der Waals surface area contributed by atoms with Gasteiger partial charge in [0, 0.05) is 23.7 Å². The average molecular weight is 430 g/mol. The van der Waals surface area contributed by atoms with Crippen LogP contribution >= 0.6 is 11.6 Å². The highest BCUT2D eigenvalue weighted by atomic mass is 35.5. The lowest BCUT2D eigenvalue weighted by Gasteiger charge is -2.15. The molecule has 154 valence electrons. The van der Waals surface area contributed by atoms with E-state index in [0.29, 0.717) is 16.4 Å². The monoisotopic (exact) mass is 429 g/mol. The van der Waals surface area contributed by atoms with Gasteiger partial charge in [0.1, 0.15) is 11.3 Å². The fraction of sp³-hybridized carbons (Fsp3) is 0.167. The van der Waals surface area contributed by atoms with Crippen molar-refractivity contribution in [1.82, 2.24) is 20.3 Å². The van der Waals surface area contributed by atoms with E-state index >= 15 is 0 Å². The first-order valence-electron chi connectivity index (χ1n) is 9.77. The molecule has 0 saturated carbocycles. The number of halogens is 1. The summed E-state index contributed by atoms with van der Waals surface area (Å²) in [5, 5.41) is 13.2. The molecule has 1 aromatic carbocycles. The first kappa shape index (κ1) is 20.6. The lowest BCUT2D eigenvalue weighted by atomic mass is 9.96. The van der Waals surface area contributed by atoms with Crippen LogP contribution in [0.1, 0.15) is 24.3 Å². The number of nitriles is 1. The predicted octanol–water partition coefficient (Wildman–Crippen LogP) is 5.22. The number of hydrogen-bond donors (Lipinski definition) is 2. The van der Waals surface area contributed by atoms with Crippen LogP contribution in [0.25, 0.3) is 33.5 Å². The Balaban J connectivity index is 1.65. The predicted molar refractivity (Wildman–Crippen MR) is 121 cm³/mol. The van der Waals surface area contributed by atoms with Gasteiger partial charge in [-0.2, -0.15) is 5.26 Å². The third-order valence-electron chi connectivity index (χ3n) is 4.92. The minimum Gasteiger partial charge on any atom is -0.349 e. The van der Waals surface area contributed by atoms with Crippen molar-refractivity contribution < 1.29 is 4.79 Å². The molecule has 3 aromatic heterocycles. The second-order valence-corrected chi connectivity index (χ2v) is 8.26. The van der Waals surface area contributed by atoms with Crippen LogP contribution < -0.4 is 5.32 Å². The van der Waals surface area contributed by atoms with Gasteiger partial charge in [-0.05, 0) is 37.6 Å². The number of carbonyl (C=O) groups excluding carboxylic acids is 1. The molecule has 0 fully saturated rings. The van der Waals surface area contributed by atoms with E-state index in [0.717, 1.165) is 22.2 Å². The summed E-state index contributed by atoms with van der Waals surface area (Å²) in [6.45, 7) is 3.77. The fourth-order valence-electron chi connectivity index (χ4n) is 3.14. The highest BCUT2D eigenvalue weighted by Crippen LogP contribution is 2.35. The van der Waals surface area contributed by atoms with Crippen LogP contribution in [0.15, 0.2) is 60.8 Å². The molecule has 6 nitrogen and oxygen atoms in total. The normalized spacial score (nSPS) is 11.3. The van der Waals surface area contributed by atoms with Gasteiger partial charge in [-0.25, -0.2) is 9.97 Å². The molecule has 0 aliphatic rings.